The Labute approximate surface area is 152 Å². The molecule has 0 spiro atoms. The standard InChI is InChI=1S/C20H20N2O3S/c1-13-11-15(4-5-16(13)14-8-10-21-12-14)26(24,25)19-7-6-18(23)17-3-2-9-22-20(17)19/h2-7,9,11,14,21,23H,8,10,12H2,1H3. The van der Waals surface area contributed by atoms with E-state index in [1.165, 1.54) is 23.9 Å². The van der Waals surface area contributed by atoms with Crippen molar-refractivity contribution in [2.45, 2.75) is 29.1 Å². The van der Waals surface area contributed by atoms with Gasteiger partial charge in [-0.1, -0.05) is 6.07 Å². The van der Waals surface area contributed by atoms with E-state index in [0.717, 1.165) is 25.1 Å². The SMILES string of the molecule is Cc1cc(S(=O)(=O)c2ccc(O)c3cccnc23)ccc1C1CCNC1. The van der Waals surface area contributed by atoms with Crippen LogP contribution in [0.3, 0.4) is 0 Å². The zero-order valence-electron chi connectivity index (χ0n) is 14.4. The number of aromatic hydroxyl groups is 1. The van der Waals surface area contributed by atoms with Gasteiger partial charge in [0.15, 0.2) is 0 Å². The maximum Gasteiger partial charge on any atom is 0.208 e. The molecule has 1 saturated heterocycles. The number of nitrogens with zero attached hydrogens (tertiary/aromatic N) is 1. The lowest BCUT2D eigenvalue weighted by Gasteiger charge is -2.15. The minimum atomic E-state index is -3.73. The van der Waals surface area contributed by atoms with E-state index >= 15 is 0 Å². The smallest absolute Gasteiger partial charge is 0.208 e. The quantitative estimate of drug-likeness (QED) is 0.742. The summed E-state index contributed by atoms with van der Waals surface area (Å²) >= 11 is 0. The third-order valence-corrected chi connectivity index (χ3v) is 6.83. The average molecular weight is 368 g/mol. The highest BCUT2D eigenvalue weighted by molar-refractivity contribution is 7.91. The summed E-state index contributed by atoms with van der Waals surface area (Å²) in [6, 6.07) is 11.5. The highest BCUT2D eigenvalue weighted by Crippen LogP contribution is 2.33. The molecule has 1 atom stereocenters. The van der Waals surface area contributed by atoms with Crippen molar-refractivity contribution in [3.05, 3.63) is 59.8 Å². The number of hydrogen-bond donors (Lipinski definition) is 2. The van der Waals surface area contributed by atoms with Gasteiger partial charge in [-0.15, -0.1) is 0 Å². The lowest BCUT2D eigenvalue weighted by atomic mass is 9.94. The average Bonchev–Trinajstić information content (AvgIpc) is 3.16. The fourth-order valence-corrected chi connectivity index (χ4v) is 5.17. The number of sulfone groups is 1. The van der Waals surface area contributed by atoms with Gasteiger partial charge in [0.25, 0.3) is 0 Å². The number of nitrogens with one attached hydrogen (secondary N) is 1. The van der Waals surface area contributed by atoms with Gasteiger partial charge < -0.3 is 10.4 Å². The molecule has 5 nitrogen and oxygen atoms in total. The van der Waals surface area contributed by atoms with Crippen molar-refractivity contribution in [2.75, 3.05) is 13.1 Å². The van der Waals surface area contributed by atoms with Gasteiger partial charge in [0.2, 0.25) is 9.84 Å². The van der Waals surface area contributed by atoms with Crippen molar-refractivity contribution < 1.29 is 13.5 Å². The van der Waals surface area contributed by atoms with Gasteiger partial charge in [0.05, 0.1) is 15.3 Å². The van der Waals surface area contributed by atoms with Crippen LogP contribution in [-0.2, 0) is 9.84 Å². The number of phenolic OH excluding ortho intramolecular Hbond substituents is 1. The molecular weight excluding hydrogens is 348 g/mol. The molecule has 0 saturated carbocycles. The van der Waals surface area contributed by atoms with Crippen molar-refractivity contribution in [3.63, 3.8) is 0 Å². The number of phenols is 1. The molecule has 2 heterocycles. The topological polar surface area (TPSA) is 79.3 Å². The summed E-state index contributed by atoms with van der Waals surface area (Å²) in [5.41, 5.74) is 2.47. The molecule has 1 unspecified atom stereocenters. The predicted molar refractivity (Wildman–Crippen MR) is 100 cm³/mol. The van der Waals surface area contributed by atoms with Crippen LogP contribution in [0.4, 0.5) is 0 Å². The fourth-order valence-electron chi connectivity index (χ4n) is 3.67. The van der Waals surface area contributed by atoms with Crippen molar-refractivity contribution in [2.24, 2.45) is 0 Å². The summed E-state index contributed by atoms with van der Waals surface area (Å²) in [5, 5.41) is 13.8. The maximum atomic E-state index is 13.2. The van der Waals surface area contributed by atoms with E-state index < -0.39 is 9.84 Å². The number of aryl methyl sites for hydroxylation is 1. The third kappa shape index (κ3) is 2.75. The fraction of sp³-hybridized carbons (Fsp3) is 0.250. The zero-order chi connectivity index (χ0) is 18.3. The molecule has 2 aromatic carbocycles. The second-order valence-corrected chi connectivity index (χ2v) is 8.61. The molecule has 1 aromatic heterocycles. The van der Waals surface area contributed by atoms with Crippen molar-refractivity contribution in [1.29, 1.82) is 0 Å². The monoisotopic (exact) mass is 368 g/mol. The second kappa shape index (κ2) is 6.37. The summed E-state index contributed by atoms with van der Waals surface area (Å²) in [7, 11) is -3.73. The Bertz CT molecular complexity index is 1090. The van der Waals surface area contributed by atoms with Crippen LogP contribution in [0.25, 0.3) is 10.9 Å². The Balaban J connectivity index is 1.83. The molecule has 134 valence electrons. The molecule has 1 fully saturated rings. The Kier molecular flexibility index (Phi) is 4.17. The number of fused-ring (bicyclic) bond motifs is 1. The summed E-state index contributed by atoms with van der Waals surface area (Å²) < 4.78 is 26.4. The van der Waals surface area contributed by atoms with E-state index in [0.29, 0.717) is 11.3 Å². The molecule has 0 amide bonds. The number of pyridine rings is 1. The number of rotatable bonds is 3. The molecule has 1 aliphatic rings. The van der Waals surface area contributed by atoms with Crippen LogP contribution in [0.1, 0.15) is 23.5 Å². The molecule has 1 aliphatic heterocycles. The molecule has 4 rings (SSSR count). The maximum absolute atomic E-state index is 13.2. The molecule has 3 aromatic rings. The van der Waals surface area contributed by atoms with E-state index in [1.54, 1.807) is 24.3 Å². The van der Waals surface area contributed by atoms with Crippen molar-refractivity contribution in [3.8, 4) is 5.75 Å². The van der Waals surface area contributed by atoms with Crippen LogP contribution in [0, 0.1) is 6.92 Å². The minimum Gasteiger partial charge on any atom is -0.507 e. The van der Waals surface area contributed by atoms with Gasteiger partial charge in [-0.2, -0.15) is 0 Å². The highest BCUT2D eigenvalue weighted by atomic mass is 32.2. The Morgan fingerprint density at radius 1 is 1.19 bits per heavy atom. The highest BCUT2D eigenvalue weighted by Gasteiger charge is 2.24. The Morgan fingerprint density at radius 3 is 2.77 bits per heavy atom. The first kappa shape index (κ1) is 17.0. The van der Waals surface area contributed by atoms with Crippen LogP contribution in [0.2, 0.25) is 0 Å². The lowest BCUT2D eigenvalue weighted by Crippen LogP contribution is -2.09. The van der Waals surface area contributed by atoms with Crippen LogP contribution in [0.15, 0.2) is 58.5 Å². The molecule has 2 N–H and O–H groups in total. The van der Waals surface area contributed by atoms with E-state index in [1.807, 2.05) is 13.0 Å². The van der Waals surface area contributed by atoms with Gasteiger partial charge in [-0.3, -0.25) is 4.98 Å². The zero-order valence-corrected chi connectivity index (χ0v) is 15.3. The third-order valence-electron chi connectivity index (χ3n) is 5.05. The number of benzene rings is 2. The number of aromatic nitrogens is 1. The molecule has 0 radical (unpaired) electrons. The van der Waals surface area contributed by atoms with E-state index in [2.05, 4.69) is 10.3 Å². The van der Waals surface area contributed by atoms with Gasteiger partial charge >= 0.3 is 0 Å². The number of hydrogen-bond acceptors (Lipinski definition) is 5. The van der Waals surface area contributed by atoms with Crippen LogP contribution >= 0.6 is 0 Å². The van der Waals surface area contributed by atoms with Gasteiger partial charge in [0, 0.05) is 18.1 Å². The molecular formula is C20H20N2O3S. The van der Waals surface area contributed by atoms with Crippen LogP contribution in [-0.4, -0.2) is 31.6 Å². The van der Waals surface area contributed by atoms with E-state index in [9.17, 15) is 13.5 Å². The summed E-state index contributed by atoms with van der Waals surface area (Å²) in [6.45, 7) is 3.88. The minimum absolute atomic E-state index is 0.0207. The van der Waals surface area contributed by atoms with Crippen molar-refractivity contribution >= 4 is 20.7 Å². The first-order valence-electron chi connectivity index (χ1n) is 8.61. The summed E-state index contributed by atoms with van der Waals surface area (Å²) in [4.78, 5) is 4.55. The summed E-state index contributed by atoms with van der Waals surface area (Å²) in [6.07, 6.45) is 2.60. The van der Waals surface area contributed by atoms with Crippen LogP contribution in [0.5, 0.6) is 5.75 Å². The molecule has 26 heavy (non-hydrogen) atoms. The summed E-state index contributed by atoms with van der Waals surface area (Å²) in [5.74, 6) is 0.454. The second-order valence-electron chi connectivity index (χ2n) is 6.69. The van der Waals surface area contributed by atoms with E-state index in [-0.39, 0.29) is 21.1 Å². The van der Waals surface area contributed by atoms with Gasteiger partial charge in [-0.25, -0.2) is 8.42 Å². The molecule has 6 heteroatoms. The Morgan fingerprint density at radius 2 is 2.04 bits per heavy atom. The lowest BCUT2D eigenvalue weighted by molar-refractivity contribution is 0.481. The first-order chi connectivity index (χ1) is 12.5. The largest absolute Gasteiger partial charge is 0.507 e. The predicted octanol–water partition coefficient (Wildman–Crippen LogP) is 3.16. The van der Waals surface area contributed by atoms with Crippen LogP contribution < -0.4 is 5.32 Å². The van der Waals surface area contributed by atoms with E-state index in [4.69, 9.17) is 0 Å². The first-order valence-corrected chi connectivity index (χ1v) is 10.1. The Hall–Kier alpha value is -2.44. The van der Waals surface area contributed by atoms with Crippen molar-refractivity contribution in [1.82, 2.24) is 10.3 Å². The van der Waals surface area contributed by atoms with Gasteiger partial charge in [-0.05, 0) is 73.3 Å². The molecule has 0 bridgehead atoms. The molecule has 0 aliphatic carbocycles. The normalized spacial score (nSPS) is 17.7. The van der Waals surface area contributed by atoms with Gasteiger partial charge in [0.1, 0.15) is 5.75 Å².